The van der Waals surface area contributed by atoms with Gasteiger partial charge in [0.25, 0.3) is 5.56 Å². The summed E-state index contributed by atoms with van der Waals surface area (Å²) in [7, 11) is 0. The van der Waals surface area contributed by atoms with Gasteiger partial charge < -0.3 is 9.64 Å². The fraction of sp³-hybridized carbons (Fsp3) is 0.409. The Morgan fingerprint density at radius 3 is 2.77 bits per heavy atom. The second-order valence-corrected chi connectivity index (χ2v) is 7.39. The number of benzene rings is 1. The monoisotopic (exact) mass is 423 g/mol. The van der Waals surface area contributed by atoms with Crippen LogP contribution in [0.15, 0.2) is 35.4 Å². The molecule has 0 bridgehead atoms. The zero-order chi connectivity index (χ0) is 22.0. The summed E-state index contributed by atoms with van der Waals surface area (Å²) >= 11 is 0. The lowest BCUT2D eigenvalue weighted by atomic mass is 10.0. The number of fused-ring (bicyclic) bond motifs is 2. The molecule has 0 saturated heterocycles. The van der Waals surface area contributed by atoms with Crippen LogP contribution in [0.25, 0.3) is 10.9 Å². The molecule has 162 valence electrons. The van der Waals surface area contributed by atoms with E-state index in [0.29, 0.717) is 37.0 Å². The Bertz CT molecular complexity index is 1200. The molecule has 1 aliphatic rings. The maximum absolute atomic E-state index is 12.9. The summed E-state index contributed by atoms with van der Waals surface area (Å²) in [5, 5.41) is 4.94. The molecule has 0 unspecified atom stereocenters. The van der Waals surface area contributed by atoms with Gasteiger partial charge in [-0.3, -0.25) is 18.8 Å². The number of aryl methyl sites for hydroxylation is 2. The molecule has 3 aromatic rings. The van der Waals surface area contributed by atoms with E-state index in [1.165, 1.54) is 10.9 Å². The van der Waals surface area contributed by atoms with Crippen LogP contribution in [-0.2, 0) is 35.6 Å². The molecule has 0 atom stereocenters. The molecule has 1 amide bonds. The van der Waals surface area contributed by atoms with Gasteiger partial charge in [-0.05, 0) is 26.0 Å². The zero-order valence-corrected chi connectivity index (χ0v) is 17.7. The van der Waals surface area contributed by atoms with Crippen LogP contribution in [0, 0.1) is 0 Å². The predicted octanol–water partition coefficient (Wildman–Crippen LogP) is 1.76. The molecule has 3 heterocycles. The lowest BCUT2D eigenvalue weighted by Gasteiger charge is -2.28. The first-order valence-corrected chi connectivity index (χ1v) is 10.5. The molecule has 0 saturated carbocycles. The first-order chi connectivity index (χ1) is 15.0. The van der Waals surface area contributed by atoms with Crippen LogP contribution in [0.4, 0.5) is 0 Å². The Balaban J connectivity index is 1.49. The minimum absolute atomic E-state index is 0.0789. The average molecular weight is 423 g/mol. The van der Waals surface area contributed by atoms with E-state index >= 15 is 0 Å². The van der Waals surface area contributed by atoms with Crippen molar-refractivity contribution in [3.05, 3.63) is 57.9 Å². The van der Waals surface area contributed by atoms with Gasteiger partial charge in [-0.25, -0.2) is 9.78 Å². The molecule has 2 aromatic heterocycles. The minimum atomic E-state index is -0.464. The van der Waals surface area contributed by atoms with Gasteiger partial charge in [0, 0.05) is 50.3 Å². The van der Waals surface area contributed by atoms with E-state index in [2.05, 4.69) is 10.1 Å². The largest absolute Gasteiger partial charge is 0.461 e. The highest BCUT2D eigenvalue weighted by atomic mass is 16.5. The standard InChI is InChI=1S/C22H25N5O4/c1-3-27-18-9-11-25(13-16(18)20(24-27)22(30)31-4-2)19(28)10-12-26-14-23-17-8-6-5-7-15(17)21(26)29/h5-8,14H,3-4,9-13H2,1-2H3. The molecule has 1 aliphatic heterocycles. The van der Waals surface area contributed by atoms with Crippen LogP contribution in [-0.4, -0.2) is 49.3 Å². The number of hydrogen-bond donors (Lipinski definition) is 0. The fourth-order valence-electron chi connectivity index (χ4n) is 3.97. The average Bonchev–Trinajstić information content (AvgIpc) is 3.17. The van der Waals surface area contributed by atoms with E-state index in [-0.39, 0.29) is 36.7 Å². The van der Waals surface area contributed by atoms with Crippen molar-refractivity contribution in [2.45, 2.75) is 46.3 Å². The third-order valence-electron chi connectivity index (χ3n) is 5.55. The van der Waals surface area contributed by atoms with Crippen LogP contribution < -0.4 is 5.56 Å². The predicted molar refractivity (Wildman–Crippen MR) is 114 cm³/mol. The van der Waals surface area contributed by atoms with Crippen molar-refractivity contribution in [3.63, 3.8) is 0 Å². The van der Waals surface area contributed by atoms with Crippen molar-refractivity contribution >= 4 is 22.8 Å². The normalized spacial score (nSPS) is 13.3. The van der Waals surface area contributed by atoms with Crippen molar-refractivity contribution < 1.29 is 14.3 Å². The van der Waals surface area contributed by atoms with E-state index in [4.69, 9.17) is 4.74 Å². The molecule has 0 fully saturated rings. The topological polar surface area (TPSA) is 99.3 Å². The minimum Gasteiger partial charge on any atom is -0.461 e. The van der Waals surface area contributed by atoms with E-state index in [1.807, 2.05) is 17.7 Å². The summed E-state index contributed by atoms with van der Waals surface area (Å²) in [6.45, 7) is 5.74. The number of rotatable bonds is 6. The fourth-order valence-corrected chi connectivity index (χ4v) is 3.97. The van der Waals surface area contributed by atoms with Crippen LogP contribution in [0.1, 0.15) is 42.0 Å². The highest BCUT2D eigenvalue weighted by Crippen LogP contribution is 2.24. The molecule has 0 N–H and O–H groups in total. The van der Waals surface area contributed by atoms with Gasteiger partial charge in [-0.1, -0.05) is 12.1 Å². The number of para-hydroxylation sites is 1. The maximum Gasteiger partial charge on any atom is 0.359 e. The Hall–Kier alpha value is -3.49. The van der Waals surface area contributed by atoms with Crippen LogP contribution in [0.2, 0.25) is 0 Å². The molecule has 31 heavy (non-hydrogen) atoms. The van der Waals surface area contributed by atoms with E-state index in [1.54, 1.807) is 30.0 Å². The van der Waals surface area contributed by atoms with Crippen LogP contribution >= 0.6 is 0 Å². The number of carbonyl (C=O) groups is 2. The molecule has 4 rings (SSSR count). The summed E-state index contributed by atoms with van der Waals surface area (Å²) in [6.07, 6.45) is 2.28. The van der Waals surface area contributed by atoms with Gasteiger partial charge in [0.1, 0.15) is 0 Å². The Kier molecular flexibility index (Phi) is 5.83. The van der Waals surface area contributed by atoms with Gasteiger partial charge in [-0.2, -0.15) is 5.10 Å². The number of hydrogen-bond acceptors (Lipinski definition) is 6. The van der Waals surface area contributed by atoms with Gasteiger partial charge >= 0.3 is 5.97 Å². The van der Waals surface area contributed by atoms with Crippen molar-refractivity contribution in [2.75, 3.05) is 13.2 Å². The number of ether oxygens (including phenoxy) is 1. The number of amides is 1. The van der Waals surface area contributed by atoms with Crippen molar-refractivity contribution in [3.8, 4) is 0 Å². The van der Waals surface area contributed by atoms with Crippen LogP contribution in [0.5, 0.6) is 0 Å². The molecule has 0 radical (unpaired) electrons. The van der Waals surface area contributed by atoms with Crippen molar-refractivity contribution in [1.82, 2.24) is 24.2 Å². The third-order valence-corrected chi connectivity index (χ3v) is 5.55. The number of nitrogens with zero attached hydrogens (tertiary/aromatic N) is 5. The van der Waals surface area contributed by atoms with Gasteiger partial charge in [0.05, 0.1) is 23.8 Å². The summed E-state index contributed by atoms with van der Waals surface area (Å²) in [5.74, 6) is -0.543. The quantitative estimate of drug-likeness (QED) is 0.560. The second-order valence-electron chi connectivity index (χ2n) is 7.39. The summed E-state index contributed by atoms with van der Waals surface area (Å²) in [6, 6.07) is 7.15. The van der Waals surface area contributed by atoms with Gasteiger partial charge in [-0.15, -0.1) is 0 Å². The number of esters is 1. The molecule has 0 aliphatic carbocycles. The smallest absolute Gasteiger partial charge is 0.359 e. The van der Waals surface area contributed by atoms with Crippen molar-refractivity contribution in [1.29, 1.82) is 0 Å². The highest BCUT2D eigenvalue weighted by molar-refractivity contribution is 5.89. The highest BCUT2D eigenvalue weighted by Gasteiger charge is 2.30. The Labute approximate surface area is 179 Å². The summed E-state index contributed by atoms with van der Waals surface area (Å²) in [5.41, 5.74) is 2.49. The van der Waals surface area contributed by atoms with Gasteiger partial charge in [0.15, 0.2) is 5.69 Å². The Morgan fingerprint density at radius 2 is 2.00 bits per heavy atom. The molecule has 0 spiro atoms. The first kappa shape index (κ1) is 20.8. The number of carbonyl (C=O) groups excluding carboxylic acids is 2. The van der Waals surface area contributed by atoms with Gasteiger partial charge in [0.2, 0.25) is 5.91 Å². The molecular formula is C22H25N5O4. The Morgan fingerprint density at radius 1 is 1.19 bits per heavy atom. The second kappa shape index (κ2) is 8.71. The van der Waals surface area contributed by atoms with E-state index in [9.17, 15) is 14.4 Å². The number of aromatic nitrogens is 4. The lowest BCUT2D eigenvalue weighted by molar-refractivity contribution is -0.132. The third kappa shape index (κ3) is 3.95. The molecule has 9 nitrogen and oxygen atoms in total. The lowest BCUT2D eigenvalue weighted by Crippen LogP contribution is -2.37. The molecular weight excluding hydrogens is 398 g/mol. The molecule has 1 aromatic carbocycles. The zero-order valence-electron chi connectivity index (χ0n) is 17.7. The van der Waals surface area contributed by atoms with E-state index < -0.39 is 5.97 Å². The van der Waals surface area contributed by atoms with Crippen molar-refractivity contribution in [2.24, 2.45) is 0 Å². The van der Waals surface area contributed by atoms with Crippen LogP contribution in [0.3, 0.4) is 0 Å². The summed E-state index contributed by atoms with van der Waals surface area (Å²) < 4.78 is 8.41. The maximum atomic E-state index is 12.9. The summed E-state index contributed by atoms with van der Waals surface area (Å²) in [4.78, 5) is 43.9. The first-order valence-electron chi connectivity index (χ1n) is 10.5. The SMILES string of the molecule is CCOC(=O)c1nn(CC)c2c1CN(C(=O)CCn1cnc3ccccc3c1=O)CC2. The molecule has 9 heteroatoms. The van der Waals surface area contributed by atoms with E-state index in [0.717, 1.165) is 11.3 Å².